The summed E-state index contributed by atoms with van der Waals surface area (Å²) in [6, 6.07) is 3.36. The molecular weight excluding hydrogens is 214 g/mol. The molecule has 4 heteroatoms. The summed E-state index contributed by atoms with van der Waals surface area (Å²) in [5.74, 6) is -3.18. The average Bonchev–Trinajstić information content (AvgIpc) is 2.22. The van der Waals surface area contributed by atoms with E-state index in [9.17, 15) is 18.4 Å². The van der Waals surface area contributed by atoms with Crippen LogP contribution in [0.2, 0.25) is 0 Å². The molecule has 0 radical (unpaired) electrons. The maximum absolute atomic E-state index is 13.2. The Morgan fingerprint density at radius 1 is 1.25 bits per heavy atom. The van der Waals surface area contributed by atoms with Gasteiger partial charge in [0.05, 0.1) is 12.0 Å². The molecule has 0 amide bonds. The van der Waals surface area contributed by atoms with E-state index < -0.39 is 17.4 Å². The molecule has 0 aliphatic carbocycles. The van der Waals surface area contributed by atoms with E-state index in [0.717, 1.165) is 6.07 Å². The summed E-state index contributed by atoms with van der Waals surface area (Å²) in [6.45, 7) is 1.81. The Morgan fingerprint density at radius 3 is 2.56 bits per heavy atom. The highest BCUT2D eigenvalue weighted by Crippen LogP contribution is 2.14. The maximum Gasteiger partial charge on any atom is 0.173 e. The number of Topliss-reactive ketones (excluding diaryl/α,β-unsaturated/α-hetero) is 2. The Kier molecular flexibility index (Phi) is 4.28. The minimum atomic E-state index is -1.18. The fraction of sp³-hybridized carbons (Fsp3) is 0.333. The standard InChI is InChI=1S/C12H12F2O2/c1-2-4-8(15)7-11(16)9-5-3-6-10(13)12(9)14/h3,5-6H,2,4,7H2,1H3. The topological polar surface area (TPSA) is 34.1 Å². The van der Waals surface area contributed by atoms with E-state index in [1.54, 1.807) is 0 Å². The lowest BCUT2D eigenvalue weighted by molar-refractivity contribution is -0.118. The summed E-state index contributed by atoms with van der Waals surface area (Å²) in [7, 11) is 0. The minimum Gasteiger partial charge on any atom is -0.299 e. The Hall–Kier alpha value is -1.58. The van der Waals surface area contributed by atoms with Crippen LogP contribution in [0, 0.1) is 11.6 Å². The molecule has 0 unspecified atom stereocenters. The zero-order chi connectivity index (χ0) is 12.1. The van der Waals surface area contributed by atoms with Gasteiger partial charge in [-0.1, -0.05) is 13.0 Å². The van der Waals surface area contributed by atoms with Gasteiger partial charge in [-0.15, -0.1) is 0 Å². The second-order valence-electron chi connectivity index (χ2n) is 3.49. The quantitative estimate of drug-likeness (QED) is 0.571. The van der Waals surface area contributed by atoms with E-state index >= 15 is 0 Å². The van der Waals surface area contributed by atoms with Crippen molar-refractivity contribution in [3.8, 4) is 0 Å². The van der Waals surface area contributed by atoms with Crippen molar-refractivity contribution in [3.05, 3.63) is 35.4 Å². The summed E-state index contributed by atoms with van der Waals surface area (Å²) in [6.07, 6.45) is 0.550. The molecule has 1 rings (SSSR count). The highest BCUT2D eigenvalue weighted by Gasteiger charge is 2.17. The van der Waals surface area contributed by atoms with Gasteiger partial charge in [-0.05, 0) is 18.6 Å². The van der Waals surface area contributed by atoms with Crippen molar-refractivity contribution in [1.82, 2.24) is 0 Å². The summed E-state index contributed by atoms with van der Waals surface area (Å²) in [4.78, 5) is 22.7. The van der Waals surface area contributed by atoms with Gasteiger partial charge in [0.2, 0.25) is 0 Å². The molecule has 0 aromatic heterocycles. The van der Waals surface area contributed by atoms with Crippen molar-refractivity contribution in [3.63, 3.8) is 0 Å². The van der Waals surface area contributed by atoms with Crippen LogP contribution in [0.25, 0.3) is 0 Å². The fourth-order valence-corrected chi connectivity index (χ4v) is 1.36. The lowest BCUT2D eigenvalue weighted by Crippen LogP contribution is -2.10. The van der Waals surface area contributed by atoms with Crippen LogP contribution in [-0.2, 0) is 4.79 Å². The molecule has 0 spiro atoms. The summed E-state index contributed by atoms with van der Waals surface area (Å²) >= 11 is 0. The van der Waals surface area contributed by atoms with Crippen molar-refractivity contribution in [1.29, 1.82) is 0 Å². The third kappa shape index (κ3) is 2.95. The second kappa shape index (κ2) is 5.49. The van der Waals surface area contributed by atoms with Crippen LogP contribution in [0.15, 0.2) is 18.2 Å². The van der Waals surface area contributed by atoms with Gasteiger partial charge in [0.25, 0.3) is 0 Å². The van der Waals surface area contributed by atoms with Gasteiger partial charge in [-0.3, -0.25) is 9.59 Å². The van der Waals surface area contributed by atoms with Gasteiger partial charge in [0.15, 0.2) is 17.4 Å². The summed E-state index contributed by atoms with van der Waals surface area (Å²) in [5, 5.41) is 0. The number of halogens is 2. The van der Waals surface area contributed by atoms with Crippen LogP contribution in [0.3, 0.4) is 0 Å². The number of rotatable bonds is 5. The zero-order valence-electron chi connectivity index (χ0n) is 8.93. The van der Waals surface area contributed by atoms with Crippen LogP contribution < -0.4 is 0 Å². The van der Waals surface area contributed by atoms with Crippen molar-refractivity contribution < 1.29 is 18.4 Å². The molecular formula is C12H12F2O2. The third-order valence-corrected chi connectivity index (χ3v) is 2.14. The summed E-state index contributed by atoms with van der Waals surface area (Å²) in [5.41, 5.74) is -0.357. The molecule has 16 heavy (non-hydrogen) atoms. The molecule has 0 aliphatic heterocycles. The van der Waals surface area contributed by atoms with Gasteiger partial charge < -0.3 is 0 Å². The molecule has 2 nitrogen and oxygen atoms in total. The molecule has 0 aliphatic rings. The second-order valence-corrected chi connectivity index (χ2v) is 3.49. The molecule has 0 saturated heterocycles. The zero-order valence-corrected chi connectivity index (χ0v) is 8.93. The first-order chi connectivity index (χ1) is 7.56. The average molecular weight is 226 g/mol. The molecule has 0 bridgehead atoms. The maximum atomic E-state index is 13.2. The smallest absolute Gasteiger partial charge is 0.173 e. The van der Waals surface area contributed by atoms with E-state index in [4.69, 9.17) is 0 Å². The van der Waals surface area contributed by atoms with Crippen LogP contribution >= 0.6 is 0 Å². The molecule has 0 atom stereocenters. The Bertz CT molecular complexity index is 413. The minimum absolute atomic E-state index is 0.254. The van der Waals surface area contributed by atoms with Gasteiger partial charge in [0.1, 0.15) is 5.78 Å². The first-order valence-electron chi connectivity index (χ1n) is 5.05. The molecule has 1 aromatic rings. The summed E-state index contributed by atoms with van der Waals surface area (Å²) < 4.78 is 26.0. The van der Waals surface area contributed by atoms with E-state index in [0.29, 0.717) is 6.42 Å². The van der Waals surface area contributed by atoms with Crippen molar-refractivity contribution in [2.24, 2.45) is 0 Å². The lowest BCUT2D eigenvalue weighted by Gasteiger charge is -2.02. The third-order valence-electron chi connectivity index (χ3n) is 2.14. The Labute approximate surface area is 92.3 Å². The first-order valence-corrected chi connectivity index (χ1v) is 5.05. The molecule has 86 valence electrons. The predicted molar refractivity (Wildman–Crippen MR) is 55.2 cm³/mol. The van der Waals surface area contributed by atoms with E-state index in [-0.39, 0.29) is 24.2 Å². The predicted octanol–water partition coefficient (Wildman–Crippen LogP) is 2.91. The number of hydrogen-bond donors (Lipinski definition) is 0. The Morgan fingerprint density at radius 2 is 1.94 bits per heavy atom. The van der Waals surface area contributed by atoms with Gasteiger partial charge in [-0.25, -0.2) is 8.78 Å². The Balaban J connectivity index is 2.81. The number of benzene rings is 1. The first kappa shape index (κ1) is 12.5. The van der Waals surface area contributed by atoms with Crippen LogP contribution in [0.1, 0.15) is 36.5 Å². The van der Waals surface area contributed by atoms with Crippen LogP contribution in [0.4, 0.5) is 8.78 Å². The largest absolute Gasteiger partial charge is 0.299 e. The van der Waals surface area contributed by atoms with Crippen molar-refractivity contribution in [2.45, 2.75) is 26.2 Å². The van der Waals surface area contributed by atoms with Crippen LogP contribution in [0.5, 0.6) is 0 Å². The van der Waals surface area contributed by atoms with Crippen molar-refractivity contribution in [2.75, 3.05) is 0 Å². The van der Waals surface area contributed by atoms with E-state index in [1.165, 1.54) is 12.1 Å². The molecule has 0 N–H and O–H groups in total. The highest BCUT2D eigenvalue weighted by molar-refractivity contribution is 6.08. The van der Waals surface area contributed by atoms with E-state index in [2.05, 4.69) is 0 Å². The van der Waals surface area contributed by atoms with Gasteiger partial charge in [-0.2, -0.15) is 0 Å². The van der Waals surface area contributed by atoms with Gasteiger partial charge >= 0.3 is 0 Å². The lowest BCUT2D eigenvalue weighted by atomic mass is 10.0. The molecule has 1 aromatic carbocycles. The fourth-order valence-electron chi connectivity index (χ4n) is 1.36. The highest BCUT2D eigenvalue weighted by atomic mass is 19.2. The van der Waals surface area contributed by atoms with Crippen molar-refractivity contribution >= 4 is 11.6 Å². The molecule has 0 saturated carbocycles. The number of carbonyl (C=O) groups is 2. The van der Waals surface area contributed by atoms with E-state index in [1.807, 2.05) is 6.92 Å². The molecule has 0 heterocycles. The monoisotopic (exact) mass is 226 g/mol. The number of carbonyl (C=O) groups excluding carboxylic acids is 2. The normalized spacial score (nSPS) is 10.2. The van der Waals surface area contributed by atoms with Gasteiger partial charge in [0, 0.05) is 6.42 Å². The molecule has 0 fully saturated rings. The van der Waals surface area contributed by atoms with Crippen LogP contribution in [-0.4, -0.2) is 11.6 Å². The SMILES string of the molecule is CCCC(=O)CC(=O)c1cccc(F)c1F. The number of ketones is 2. The number of hydrogen-bond acceptors (Lipinski definition) is 2.